The summed E-state index contributed by atoms with van der Waals surface area (Å²) in [5.74, 6) is 0. The van der Waals surface area contributed by atoms with Crippen LogP contribution < -0.4 is 5.32 Å². The molecule has 0 bridgehead atoms. The van der Waals surface area contributed by atoms with Crippen molar-refractivity contribution in [1.29, 1.82) is 0 Å². The van der Waals surface area contributed by atoms with Gasteiger partial charge < -0.3 is 20.3 Å². The fourth-order valence-corrected chi connectivity index (χ4v) is 1.07. The van der Waals surface area contributed by atoms with Gasteiger partial charge in [0.15, 0.2) is 0 Å². The van der Waals surface area contributed by atoms with Crippen molar-refractivity contribution in [2.24, 2.45) is 0 Å². The van der Waals surface area contributed by atoms with Crippen molar-refractivity contribution in [1.82, 2.24) is 5.32 Å². The molecular formula is C9H19NO4. The quantitative estimate of drug-likeness (QED) is 0.383. The van der Waals surface area contributed by atoms with Crippen molar-refractivity contribution < 1.29 is 19.7 Å². The van der Waals surface area contributed by atoms with Gasteiger partial charge in [0.2, 0.25) is 0 Å². The fraction of sp³-hybridized carbons (Fsp3) is 0.889. The van der Waals surface area contributed by atoms with Crippen molar-refractivity contribution in [3.63, 3.8) is 0 Å². The molecule has 0 aliphatic carbocycles. The number of aliphatic hydroxyl groups is 1. The first-order valence-electron chi connectivity index (χ1n) is 4.94. The zero-order chi connectivity index (χ0) is 10.6. The van der Waals surface area contributed by atoms with E-state index >= 15 is 0 Å². The summed E-state index contributed by atoms with van der Waals surface area (Å²) in [6.45, 7) is 2.01. The molecule has 0 unspecified atom stereocenters. The van der Waals surface area contributed by atoms with E-state index in [4.69, 9.17) is 10.2 Å². The van der Waals surface area contributed by atoms with Crippen LogP contribution in [0.1, 0.15) is 25.7 Å². The summed E-state index contributed by atoms with van der Waals surface area (Å²) >= 11 is 0. The second kappa shape index (κ2) is 10.3. The van der Waals surface area contributed by atoms with Crippen molar-refractivity contribution in [3.8, 4) is 0 Å². The third-order valence-electron chi connectivity index (χ3n) is 1.76. The molecule has 3 N–H and O–H groups in total. The van der Waals surface area contributed by atoms with Gasteiger partial charge in [0.1, 0.15) is 0 Å². The largest absolute Gasteiger partial charge is 0.505 e. The molecule has 0 aliphatic heterocycles. The van der Waals surface area contributed by atoms with Crippen LogP contribution >= 0.6 is 0 Å². The molecule has 0 amide bonds. The van der Waals surface area contributed by atoms with E-state index in [9.17, 15) is 4.79 Å². The molecule has 5 heteroatoms. The third kappa shape index (κ3) is 11.2. The summed E-state index contributed by atoms with van der Waals surface area (Å²) in [7, 11) is 0. The molecule has 0 aromatic rings. The van der Waals surface area contributed by atoms with Crippen LogP contribution in [-0.4, -0.2) is 42.7 Å². The number of rotatable bonds is 9. The van der Waals surface area contributed by atoms with Gasteiger partial charge in [-0.25, -0.2) is 4.79 Å². The number of hydrogen-bond acceptors (Lipinski definition) is 4. The first-order chi connectivity index (χ1) is 6.77. The van der Waals surface area contributed by atoms with Crippen LogP contribution in [-0.2, 0) is 4.74 Å². The van der Waals surface area contributed by atoms with Gasteiger partial charge in [-0.05, 0) is 19.4 Å². The predicted octanol–water partition coefficient (Wildman–Crippen LogP) is 0.823. The SMILES string of the molecule is O=C(O)OCCCCCCNCCO. The Bertz CT molecular complexity index is 141. The number of nitrogens with one attached hydrogen (secondary N) is 1. The summed E-state index contributed by atoms with van der Waals surface area (Å²) in [6, 6.07) is 0. The summed E-state index contributed by atoms with van der Waals surface area (Å²) in [4.78, 5) is 9.95. The Kier molecular flexibility index (Phi) is 9.68. The fourth-order valence-electron chi connectivity index (χ4n) is 1.07. The van der Waals surface area contributed by atoms with Crippen LogP contribution in [0.5, 0.6) is 0 Å². The Morgan fingerprint density at radius 1 is 1.14 bits per heavy atom. The maximum Gasteiger partial charge on any atom is 0.505 e. The van der Waals surface area contributed by atoms with Crippen LogP contribution in [0.15, 0.2) is 0 Å². The highest BCUT2D eigenvalue weighted by atomic mass is 16.7. The van der Waals surface area contributed by atoms with Crippen LogP contribution in [0.4, 0.5) is 4.79 Å². The minimum Gasteiger partial charge on any atom is -0.450 e. The minimum absolute atomic E-state index is 0.173. The molecule has 0 aromatic carbocycles. The number of carbonyl (C=O) groups is 1. The highest BCUT2D eigenvalue weighted by Gasteiger charge is 1.95. The smallest absolute Gasteiger partial charge is 0.450 e. The zero-order valence-corrected chi connectivity index (χ0v) is 8.37. The molecule has 0 saturated heterocycles. The number of ether oxygens (including phenoxy) is 1. The standard InChI is InChI=1S/C9H19NO4/c11-7-6-10-5-3-1-2-4-8-14-9(12)13/h10-11H,1-8H2,(H,12,13). The van der Waals surface area contributed by atoms with E-state index in [0.29, 0.717) is 13.2 Å². The molecule has 5 nitrogen and oxygen atoms in total. The van der Waals surface area contributed by atoms with Gasteiger partial charge in [-0.2, -0.15) is 0 Å². The van der Waals surface area contributed by atoms with E-state index in [1.165, 1.54) is 0 Å². The Hall–Kier alpha value is -0.810. The summed E-state index contributed by atoms with van der Waals surface area (Å²) < 4.78 is 4.35. The van der Waals surface area contributed by atoms with Gasteiger partial charge in [0, 0.05) is 6.54 Å². The summed E-state index contributed by atoms with van der Waals surface area (Å²) in [5.41, 5.74) is 0. The second-order valence-electron chi connectivity index (χ2n) is 3.00. The molecule has 0 spiro atoms. The molecule has 0 saturated carbocycles. The van der Waals surface area contributed by atoms with E-state index in [-0.39, 0.29) is 6.61 Å². The third-order valence-corrected chi connectivity index (χ3v) is 1.76. The van der Waals surface area contributed by atoms with Gasteiger partial charge in [0.05, 0.1) is 13.2 Å². The molecule has 0 rings (SSSR count). The minimum atomic E-state index is -1.20. The van der Waals surface area contributed by atoms with Gasteiger partial charge in [0.25, 0.3) is 0 Å². The van der Waals surface area contributed by atoms with Gasteiger partial charge in [-0.3, -0.25) is 0 Å². The van der Waals surface area contributed by atoms with Gasteiger partial charge >= 0.3 is 6.16 Å². The van der Waals surface area contributed by atoms with E-state index in [0.717, 1.165) is 32.2 Å². The van der Waals surface area contributed by atoms with E-state index in [2.05, 4.69) is 10.1 Å². The van der Waals surface area contributed by atoms with Crippen molar-refractivity contribution in [3.05, 3.63) is 0 Å². The molecule has 0 aromatic heterocycles. The molecule has 0 aliphatic rings. The second-order valence-corrected chi connectivity index (χ2v) is 3.00. The lowest BCUT2D eigenvalue weighted by molar-refractivity contribution is 0.0900. The molecular weight excluding hydrogens is 186 g/mol. The number of aliphatic hydroxyl groups excluding tert-OH is 1. The monoisotopic (exact) mass is 205 g/mol. The normalized spacial score (nSPS) is 10.1. The molecule has 0 fully saturated rings. The first-order valence-corrected chi connectivity index (χ1v) is 4.94. The lowest BCUT2D eigenvalue weighted by atomic mass is 10.2. The van der Waals surface area contributed by atoms with Crippen molar-refractivity contribution >= 4 is 6.16 Å². The maximum atomic E-state index is 9.95. The number of carboxylic acid groups (broad SMARTS) is 1. The molecule has 0 radical (unpaired) electrons. The number of unbranched alkanes of at least 4 members (excludes halogenated alkanes) is 3. The van der Waals surface area contributed by atoms with Gasteiger partial charge in [-0.15, -0.1) is 0 Å². The highest BCUT2D eigenvalue weighted by molar-refractivity contribution is 5.56. The molecule has 14 heavy (non-hydrogen) atoms. The zero-order valence-electron chi connectivity index (χ0n) is 8.37. The molecule has 84 valence electrons. The van der Waals surface area contributed by atoms with E-state index < -0.39 is 6.16 Å². The molecule has 0 heterocycles. The van der Waals surface area contributed by atoms with E-state index in [1.54, 1.807) is 0 Å². The summed E-state index contributed by atoms with van der Waals surface area (Å²) in [6.07, 6.45) is 2.67. The Balaban J connectivity index is 2.88. The highest BCUT2D eigenvalue weighted by Crippen LogP contribution is 1.99. The van der Waals surface area contributed by atoms with E-state index in [1.807, 2.05) is 0 Å². The predicted molar refractivity (Wildman–Crippen MR) is 52.4 cm³/mol. The first kappa shape index (κ1) is 13.2. The maximum absolute atomic E-state index is 9.95. The Morgan fingerprint density at radius 2 is 1.86 bits per heavy atom. The van der Waals surface area contributed by atoms with Crippen LogP contribution in [0.3, 0.4) is 0 Å². The van der Waals surface area contributed by atoms with Gasteiger partial charge in [-0.1, -0.05) is 12.8 Å². The summed E-state index contributed by atoms with van der Waals surface area (Å²) in [5, 5.41) is 19.7. The van der Waals surface area contributed by atoms with Crippen molar-refractivity contribution in [2.75, 3.05) is 26.3 Å². The number of hydrogen-bond donors (Lipinski definition) is 3. The lowest BCUT2D eigenvalue weighted by Crippen LogP contribution is -2.19. The van der Waals surface area contributed by atoms with Crippen LogP contribution in [0.25, 0.3) is 0 Å². The van der Waals surface area contributed by atoms with Crippen LogP contribution in [0, 0.1) is 0 Å². The Morgan fingerprint density at radius 3 is 2.50 bits per heavy atom. The molecule has 0 atom stereocenters. The Labute approximate surface area is 84.1 Å². The topological polar surface area (TPSA) is 78.8 Å². The average molecular weight is 205 g/mol. The van der Waals surface area contributed by atoms with Crippen LogP contribution in [0.2, 0.25) is 0 Å². The average Bonchev–Trinajstić information content (AvgIpc) is 2.15. The van der Waals surface area contributed by atoms with Crippen molar-refractivity contribution in [2.45, 2.75) is 25.7 Å². The lowest BCUT2D eigenvalue weighted by Gasteiger charge is -2.02.